The van der Waals surface area contributed by atoms with Crippen LogP contribution < -0.4 is 10.3 Å². The van der Waals surface area contributed by atoms with Gasteiger partial charge in [0.2, 0.25) is 5.95 Å². The number of nitrogens with two attached hydrogens (primary N) is 1. The molecule has 0 saturated heterocycles. The molecule has 1 amide bonds. The van der Waals surface area contributed by atoms with Crippen LogP contribution in [0, 0.1) is 11.6 Å². The molecule has 1 aliphatic heterocycles. The van der Waals surface area contributed by atoms with E-state index >= 15 is 0 Å². The first-order valence-corrected chi connectivity index (χ1v) is 11.8. The molecule has 35 heavy (non-hydrogen) atoms. The van der Waals surface area contributed by atoms with E-state index in [9.17, 15) is 27.9 Å². The van der Waals surface area contributed by atoms with E-state index in [1.165, 1.54) is 18.2 Å². The molecule has 0 unspecified atom stereocenters. The molecule has 0 spiro atoms. The largest absolute Gasteiger partial charge is 0.524 e. The van der Waals surface area contributed by atoms with E-state index in [0.717, 1.165) is 17.2 Å². The predicted octanol–water partition coefficient (Wildman–Crippen LogP) is 3.78. The molecule has 2 heterocycles. The molecule has 5 rings (SSSR count). The van der Waals surface area contributed by atoms with Gasteiger partial charge in [0.15, 0.2) is 11.6 Å². The first kappa shape index (κ1) is 22.9. The van der Waals surface area contributed by atoms with Gasteiger partial charge in [-0.05, 0) is 34.9 Å². The summed E-state index contributed by atoms with van der Waals surface area (Å²) in [6, 6.07) is 13.3. The highest BCUT2D eigenvalue weighted by Gasteiger charge is 2.27. The van der Waals surface area contributed by atoms with E-state index in [1.807, 2.05) is 24.3 Å². The summed E-state index contributed by atoms with van der Waals surface area (Å²) in [5.74, 6) is -3.70. The standard InChI is InChI=1S/C23H17F2N4O5P/c24-17-8-15(20(9-18(17)25)34-35(31,32)33)12-5-6-19-16(7-12)21(28-23(26)27-19)22(30)29-10-13-3-1-2-4-14(13)11-29/h1-9H,10-11H2,(H2,26,27,28)(H2,31,32,33). The molecule has 9 nitrogen and oxygen atoms in total. The van der Waals surface area contributed by atoms with Crippen LogP contribution >= 0.6 is 7.82 Å². The van der Waals surface area contributed by atoms with Crippen LogP contribution in [0.25, 0.3) is 22.0 Å². The van der Waals surface area contributed by atoms with E-state index in [-0.39, 0.29) is 28.2 Å². The van der Waals surface area contributed by atoms with Crippen molar-refractivity contribution in [1.29, 1.82) is 0 Å². The number of carbonyl (C=O) groups is 1. The van der Waals surface area contributed by atoms with Gasteiger partial charge in [-0.2, -0.15) is 0 Å². The molecule has 4 aromatic rings. The lowest BCUT2D eigenvalue weighted by atomic mass is 10.0. The van der Waals surface area contributed by atoms with Crippen molar-refractivity contribution in [3.05, 3.63) is 83.1 Å². The zero-order valence-corrected chi connectivity index (χ0v) is 18.7. The molecule has 0 atom stereocenters. The number of rotatable bonds is 4. The number of anilines is 1. The van der Waals surface area contributed by atoms with Crippen molar-refractivity contribution in [2.24, 2.45) is 0 Å². The summed E-state index contributed by atoms with van der Waals surface area (Å²) in [6.45, 7) is 0.757. The summed E-state index contributed by atoms with van der Waals surface area (Å²) in [5.41, 5.74) is 8.22. The Morgan fingerprint density at radius 3 is 2.31 bits per heavy atom. The highest BCUT2D eigenvalue weighted by atomic mass is 31.2. The number of fused-ring (bicyclic) bond motifs is 2. The third-order valence-corrected chi connectivity index (χ3v) is 6.03. The van der Waals surface area contributed by atoms with Gasteiger partial charge in [-0.3, -0.25) is 14.6 Å². The van der Waals surface area contributed by atoms with Gasteiger partial charge in [-0.25, -0.2) is 23.3 Å². The quantitative estimate of drug-likeness (QED) is 0.361. The minimum Gasteiger partial charge on any atom is -0.403 e. The van der Waals surface area contributed by atoms with Crippen LogP contribution in [0.1, 0.15) is 21.6 Å². The molecule has 12 heteroatoms. The Bertz CT molecular complexity index is 1530. The summed E-state index contributed by atoms with van der Waals surface area (Å²) in [6.07, 6.45) is 0. The highest BCUT2D eigenvalue weighted by Crippen LogP contribution is 2.43. The Kier molecular flexibility index (Phi) is 5.47. The van der Waals surface area contributed by atoms with Crippen molar-refractivity contribution in [1.82, 2.24) is 14.9 Å². The lowest BCUT2D eigenvalue weighted by Gasteiger charge is -2.17. The lowest BCUT2D eigenvalue weighted by Crippen LogP contribution is -2.27. The van der Waals surface area contributed by atoms with Gasteiger partial charge in [0.1, 0.15) is 11.4 Å². The minimum absolute atomic E-state index is 0.00203. The first-order chi connectivity index (χ1) is 16.6. The normalized spacial score (nSPS) is 13.2. The predicted molar refractivity (Wildman–Crippen MR) is 122 cm³/mol. The Balaban J connectivity index is 1.62. The van der Waals surface area contributed by atoms with Gasteiger partial charge >= 0.3 is 7.82 Å². The number of hydrogen-bond donors (Lipinski definition) is 3. The second-order valence-electron chi connectivity index (χ2n) is 7.94. The number of amides is 1. The number of hydrogen-bond acceptors (Lipinski definition) is 6. The van der Waals surface area contributed by atoms with Gasteiger partial charge in [0.05, 0.1) is 5.52 Å². The van der Waals surface area contributed by atoms with Crippen LogP contribution in [0.2, 0.25) is 0 Å². The molecule has 1 aliphatic rings. The smallest absolute Gasteiger partial charge is 0.403 e. The number of nitrogens with zero attached hydrogens (tertiary/aromatic N) is 3. The van der Waals surface area contributed by atoms with Crippen LogP contribution in [0.15, 0.2) is 54.6 Å². The van der Waals surface area contributed by atoms with Gasteiger partial charge in [-0.1, -0.05) is 30.3 Å². The molecule has 4 N–H and O–H groups in total. The fourth-order valence-electron chi connectivity index (χ4n) is 4.06. The van der Waals surface area contributed by atoms with Crippen LogP contribution in [0.4, 0.5) is 14.7 Å². The molecule has 0 aliphatic carbocycles. The molecule has 1 aromatic heterocycles. The van der Waals surface area contributed by atoms with E-state index in [4.69, 9.17) is 5.73 Å². The topological polar surface area (TPSA) is 139 Å². The summed E-state index contributed by atoms with van der Waals surface area (Å²) in [7, 11) is -5.08. The lowest BCUT2D eigenvalue weighted by molar-refractivity contribution is 0.0747. The fourth-order valence-corrected chi connectivity index (χ4v) is 4.47. The number of carbonyl (C=O) groups excluding carboxylic acids is 1. The Labute approximate surface area is 197 Å². The fraction of sp³-hybridized carbons (Fsp3) is 0.0870. The third-order valence-electron chi connectivity index (χ3n) is 5.59. The monoisotopic (exact) mass is 498 g/mol. The summed E-state index contributed by atoms with van der Waals surface area (Å²) < 4.78 is 43.8. The molecular weight excluding hydrogens is 481 g/mol. The van der Waals surface area contributed by atoms with Crippen LogP contribution in [-0.4, -0.2) is 30.6 Å². The average molecular weight is 498 g/mol. The van der Waals surface area contributed by atoms with E-state index in [2.05, 4.69) is 14.5 Å². The SMILES string of the molecule is Nc1nc(C(=O)N2Cc3ccccc3C2)c2cc(-c3cc(F)c(F)cc3OP(=O)(O)O)ccc2n1. The van der Waals surface area contributed by atoms with Crippen LogP contribution in [-0.2, 0) is 17.7 Å². The molecule has 178 valence electrons. The Morgan fingerprint density at radius 1 is 1.00 bits per heavy atom. The second-order valence-corrected chi connectivity index (χ2v) is 9.10. The maximum absolute atomic E-state index is 14.1. The van der Waals surface area contributed by atoms with E-state index < -0.39 is 31.1 Å². The van der Waals surface area contributed by atoms with Gasteiger partial charge in [-0.15, -0.1) is 0 Å². The maximum Gasteiger partial charge on any atom is 0.524 e. The van der Waals surface area contributed by atoms with Crippen molar-refractivity contribution in [3.63, 3.8) is 0 Å². The average Bonchev–Trinajstić information content (AvgIpc) is 3.23. The highest BCUT2D eigenvalue weighted by molar-refractivity contribution is 7.46. The first-order valence-electron chi connectivity index (χ1n) is 10.3. The number of benzene rings is 3. The number of halogens is 2. The summed E-state index contributed by atoms with van der Waals surface area (Å²) in [5, 5.41) is 0.268. The molecule has 0 bridgehead atoms. The van der Waals surface area contributed by atoms with E-state index in [0.29, 0.717) is 24.7 Å². The zero-order valence-electron chi connectivity index (χ0n) is 17.9. The summed E-state index contributed by atoms with van der Waals surface area (Å²) in [4.78, 5) is 41.7. The third kappa shape index (κ3) is 4.44. The maximum atomic E-state index is 14.1. The van der Waals surface area contributed by atoms with Gasteiger partial charge in [0.25, 0.3) is 5.91 Å². The zero-order chi connectivity index (χ0) is 24.9. The molecular formula is C23H17F2N4O5P. The Morgan fingerprint density at radius 2 is 1.66 bits per heavy atom. The number of nitrogen functional groups attached to an aromatic ring is 1. The molecule has 0 radical (unpaired) electrons. The Hall–Kier alpha value is -3.92. The number of phosphoric acid groups is 1. The van der Waals surface area contributed by atoms with Crippen molar-refractivity contribution < 1.29 is 32.5 Å². The second kappa shape index (κ2) is 8.38. The number of aromatic nitrogens is 2. The minimum atomic E-state index is -5.08. The van der Waals surface area contributed by atoms with Crippen LogP contribution in [0.3, 0.4) is 0 Å². The van der Waals surface area contributed by atoms with Gasteiger partial charge < -0.3 is 15.2 Å². The van der Waals surface area contributed by atoms with E-state index in [1.54, 1.807) is 4.90 Å². The molecule has 0 saturated carbocycles. The molecule has 3 aromatic carbocycles. The van der Waals surface area contributed by atoms with Crippen molar-refractivity contribution in [2.45, 2.75) is 13.1 Å². The van der Waals surface area contributed by atoms with Crippen molar-refractivity contribution in [2.75, 3.05) is 5.73 Å². The van der Waals surface area contributed by atoms with Crippen molar-refractivity contribution in [3.8, 4) is 16.9 Å². The summed E-state index contributed by atoms with van der Waals surface area (Å²) >= 11 is 0. The number of phosphoric ester groups is 1. The van der Waals surface area contributed by atoms with Gasteiger partial charge in [0, 0.05) is 30.1 Å². The van der Waals surface area contributed by atoms with Crippen molar-refractivity contribution >= 4 is 30.6 Å². The van der Waals surface area contributed by atoms with Crippen LogP contribution in [0.5, 0.6) is 5.75 Å². The molecule has 0 fully saturated rings.